The monoisotopic (exact) mass is 436 g/mol. The Morgan fingerprint density at radius 3 is 2.10 bits per heavy atom. The molecular weight excluding hydrogens is 408 g/mol. The van der Waals surface area contributed by atoms with Crippen LogP contribution < -0.4 is 0 Å². The zero-order chi connectivity index (χ0) is 21.8. The van der Waals surface area contributed by atoms with Gasteiger partial charge in [-0.25, -0.2) is 8.42 Å². The lowest BCUT2D eigenvalue weighted by Crippen LogP contribution is -2.45. The van der Waals surface area contributed by atoms with Crippen LogP contribution in [0.15, 0.2) is 53.4 Å². The van der Waals surface area contributed by atoms with E-state index in [2.05, 4.69) is 0 Å². The molecule has 29 heavy (non-hydrogen) atoms. The van der Waals surface area contributed by atoms with E-state index < -0.39 is 15.6 Å². The summed E-state index contributed by atoms with van der Waals surface area (Å²) in [6.45, 7) is 10.5. The number of nitrogens with zero attached hydrogens (tertiary/aromatic N) is 2. The van der Waals surface area contributed by atoms with Gasteiger partial charge < -0.3 is 4.90 Å². The maximum Gasteiger partial charge on any atom is 0.254 e. The summed E-state index contributed by atoms with van der Waals surface area (Å²) < 4.78 is 27.3. The third-order valence-electron chi connectivity index (χ3n) is 4.74. The summed E-state index contributed by atoms with van der Waals surface area (Å²) in [5, 5.41) is 0.110. The maximum atomic E-state index is 13.4. The van der Waals surface area contributed by atoms with E-state index in [1.807, 2.05) is 51.1 Å². The van der Waals surface area contributed by atoms with Crippen LogP contribution in [0.3, 0.4) is 0 Å². The predicted molar refractivity (Wildman–Crippen MR) is 118 cm³/mol. The van der Waals surface area contributed by atoms with Gasteiger partial charge in [-0.15, -0.1) is 0 Å². The number of rotatable bonds is 7. The van der Waals surface area contributed by atoms with Crippen molar-refractivity contribution in [3.63, 3.8) is 0 Å². The molecule has 0 heterocycles. The molecule has 0 radical (unpaired) electrons. The van der Waals surface area contributed by atoms with Gasteiger partial charge in [0.1, 0.15) is 4.90 Å². The van der Waals surface area contributed by atoms with Gasteiger partial charge in [0.15, 0.2) is 0 Å². The molecule has 0 saturated carbocycles. The van der Waals surface area contributed by atoms with Crippen molar-refractivity contribution in [1.29, 1.82) is 0 Å². The molecule has 2 rings (SSSR count). The molecule has 158 valence electrons. The van der Waals surface area contributed by atoms with Gasteiger partial charge in [-0.1, -0.05) is 55.8 Å². The zero-order valence-electron chi connectivity index (χ0n) is 17.6. The molecule has 0 aliphatic carbocycles. The molecule has 0 atom stereocenters. The molecule has 0 aromatic heterocycles. The fraction of sp³-hybridized carbons (Fsp3) is 0.409. The van der Waals surface area contributed by atoms with E-state index in [1.54, 1.807) is 24.8 Å². The minimum Gasteiger partial charge on any atom is -0.329 e. The molecule has 2 aromatic carbocycles. The van der Waals surface area contributed by atoms with E-state index >= 15 is 0 Å². The van der Waals surface area contributed by atoms with E-state index in [-0.39, 0.29) is 15.8 Å². The van der Waals surface area contributed by atoms with Crippen molar-refractivity contribution in [2.24, 2.45) is 0 Å². The van der Waals surface area contributed by atoms with Gasteiger partial charge in [0.05, 0.1) is 5.02 Å². The highest BCUT2D eigenvalue weighted by Crippen LogP contribution is 2.28. The van der Waals surface area contributed by atoms with Crippen LogP contribution in [0.5, 0.6) is 0 Å². The Balaban J connectivity index is 2.48. The lowest BCUT2D eigenvalue weighted by molar-refractivity contribution is 0.0558. The molecule has 0 fully saturated rings. The SMILES string of the molecule is CCN(CC)S(=O)(=O)c1cc(C(=O)N(Cc2ccccc2)C(C)(C)C)ccc1Cl. The fourth-order valence-corrected chi connectivity index (χ4v) is 5.03. The Hall–Kier alpha value is -1.89. The van der Waals surface area contributed by atoms with E-state index in [1.165, 1.54) is 16.4 Å². The van der Waals surface area contributed by atoms with Gasteiger partial charge >= 0.3 is 0 Å². The molecule has 0 bridgehead atoms. The van der Waals surface area contributed by atoms with Crippen molar-refractivity contribution in [3.05, 3.63) is 64.7 Å². The number of hydrogen-bond donors (Lipinski definition) is 0. The second-order valence-corrected chi connectivity index (χ2v) is 10.1. The Labute approximate surface area is 179 Å². The minimum atomic E-state index is -3.78. The van der Waals surface area contributed by atoms with E-state index in [4.69, 9.17) is 11.6 Å². The fourth-order valence-electron chi connectivity index (χ4n) is 3.07. The van der Waals surface area contributed by atoms with E-state index in [0.717, 1.165) is 5.56 Å². The second kappa shape index (κ2) is 9.28. The maximum absolute atomic E-state index is 13.4. The number of hydrogen-bond acceptors (Lipinski definition) is 3. The lowest BCUT2D eigenvalue weighted by atomic mass is 10.0. The third kappa shape index (κ3) is 5.38. The Bertz CT molecular complexity index is 950. The normalized spacial score (nSPS) is 12.2. The summed E-state index contributed by atoms with van der Waals surface area (Å²) in [6.07, 6.45) is 0. The number of benzene rings is 2. The molecule has 7 heteroatoms. The Morgan fingerprint density at radius 1 is 1.00 bits per heavy atom. The highest BCUT2D eigenvalue weighted by molar-refractivity contribution is 7.89. The first-order valence-corrected chi connectivity index (χ1v) is 11.5. The van der Waals surface area contributed by atoms with Crippen molar-refractivity contribution in [2.45, 2.75) is 51.6 Å². The quantitative estimate of drug-likeness (QED) is 0.625. The van der Waals surface area contributed by atoms with Gasteiger partial charge in [0, 0.05) is 30.7 Å². The molecule has 0 aliphatic rings. The van der Waals surface area contributed by atoms with Crippen molar-refractivity contribution in [2.75, 3.05) is 13.1 Å². The summed E-state index contributed by atoms with van der Waals surface area (Å²) in [5.74, 6) is -0.242. The molecule has 2 aromatic rings. The zero-order valence-corrected chi connectivity index (χ0v) is 19.2. The summed E-state index contributed by atoms with van der Waals surface area (Å²) in [6, 6.07) is 14.2. The molecule has 5 nitrogen and oxygen atoms in total. The lowest BCUT2D eigenvalue weighted by Gasteiger charge is -2.36. The molecular formula is C22H29ClN2O3S. The molecule has 0 saturated heterocycles. The second-order valence-electron chi connectivity index (χ2n) is 7.78. The van der Waals surface area contributed by atoms with Crippen LogP contribution in [0.1, 0.15) is 50.5 Å². The first kappa shape index (κ1) is 23.4. The van der Waals surface area contributed by atoms with Crippen LogP contribution in [-0.2, 0) is 16.6 Å². The van der Waals surface area contributed by atoms with Crippen LogP contribution in [-0.4, -0.2) is 42.2 Å². The number of amides is 1. The van der Waals surface area contributed by atoms with Crippen molar-refractivity contribution in [3.8, 4) is 0 Å². The smallest absolute Gasteiger partial charge is 0.254 e. The largest absolute Gasteiger partial charge is 0.329 e. The van der Waals surface area contributed by atoms with Gasteiger partial charge in [-0.2, -0.15) is 4.31 Å². The average molecular weight is 437 g/mol. The summed E-state index contributed by atoms with van der Waals surface area (Å²) >= 11 is 6.21. The highest BCUT2D eigenvalue weighted by Gasteiger charge is 2.30. The Morgan fingerprint density at radius 2 is 1.59 bits per heavy atom. The Kier molecular flexibility index (Phi) is 7.49. The van der Waals surface area contributed by atoms with Crippen molar-refractivity contribution >= 4 is 27.5 Å². The van der Waals surface area contributed by atoms with E-state index in [9.17, 15) is 13.2 Å². The molecule has 0 unspecified atom stereocenters. The molecule has 0 N–H and O–H groups in total. The molecule has 0 spiro atoms. The first-order valence-electron chi connectivity index (χ1n) is 9.68. The van der Waals surface area contributed by atoms with Gasteiger partial charge in [0.2, 0.25) is 10.0 Å². The van der Waals surface area contributed by atoms with Crippen molar-refractivity contribution in [1.82, 2.24) is 9.21 Å². The third-order valence-corrected chi connectivity index (χ3v) is 7.27. The highest BCUT2D eigenvalue weighted by atomic mass is 35.5. The number of carbonyl (C=O) groups excluding carboxylic acids is 1. The standard InChI is InChI=1S/C22H29ClN2O3S/c1-6-24(7-2)29(27,28)20-15-18(13-14-19(20)23)21(26)25(22(3,4)5)16-17-11-9-8-10-12-17/h8-15H,6-7,16H2,1-5H3. The van der Waals surface area contributed by atoms with E-state index in [0.29, 0.717) is 25.2 Å². The summed E-state index contributed by atoms with van der Waals surface area (Å²) in [4.78, 5) is 15.1. The van der Waals surface area contributed by atoms with Crippen LogP contribution in [0, 0.1) is 0 Å². The molecule has 1 amide bonds. The number of sulfonamides is 1. The summed E-state index contributed by atoms with van der Waals surface area (Å²) in [7, 11) is -3.78. The summed E-state index contributed by atoms with van der Waals surface area (Å²) in [5.41, 5.74) is 0.844. The van der Waals surface area contributed by atoms with Crippen LogP contribution in [0.25, 0.3) is 0 Å². The number of carbonyl (C=O) groups is 1. The minimum absolute atomic E-state index is 0.0395. The van der Waals surface area contributed by atoms with Crippen LogP contribution in [0.4, 0.5) is 0 Å². The van der Waals surface area contributed by atoms with Gasteiger partial charge in [0.25, 0.3) is 5.91 Å². The molecule has 0 aliphatic heterocycles. The van der Waals surface area contributed by atoms with Crippen LogP contribution >= 0.6 is 11.6 Å². The van der Waals surface area contributed by atoms with Gasteiger partial charge in [-0.3, -0.25) is 4.79 Å². The number of halogens is 1. The predicted octanol–water partition coefficient (Wildman–Crippen LogP) is 4.81. The average Bonchev–Trinajstić information content (AvgIpc) is 2.66. The first-order chi connectivity index (χ1) is 13.5. The topological polar surface area (TPSA) is 57.7 Å². The van der Waals surface area contributed by atoms with Gasteiger partial charge in [-0.05, 0) is 44.5 Å². The van der Waals surface area contributed by atoms with Crippen LogP contribution in [0.2, 0.25) is 5.02 Å². The van der Waals surface area contributed by atoms with Crippen molar-refractivity contribution < 1.29 is 13.2 Å².